The summed E-state index contributed by atoms with van der Waals surface area (Å²) in [5, 5.41) is 1.54. The summed E-state index contributed by atoms with van der Waals surface area (Å²) < 4.78 is 0. The molecule has 4 aromatic rings. The second-order valence-electron chi connectivity index (χ2n) is 9.01. The van der Waals surface area contributed by atoms with E-state index in [0.717, 1.165) is 40.9 Å². The average molecular weight is 418 g/mol. The van der Waals surface area contributed by atoms with Crippen LogP contribution in [0.1, 0.15) is 38.3 Å². The minimum Gasteiger partial charge on any atom is -0.344 e. The third-order valence-corrected chi connectivity index (χ3v) is 7.73. The lowest BCUT2D eigenvalue weighted by atomic mass is 9.58. The fourth-order valence-corrected chi connectivity index (χ4v) is 6.05. The molecule has 0 radical (unpaired) electrons. The van der Waals surface area contributed by atoms with Crippen LogP contribution in [0.2, 0.25) is 5.15 Å². The SMILES string of the molecule is CC1C2CCC(CC2)C1Cc1nc(-c2c[nH]c3ncc(Cl)nc23)nc2ccccc12. The molecule has 2 unspecified atom stereocenters. The van der Waals surface area contributed by atoms with E-state index in [-0.39, 0.29) is 0 Å². The molecule has 0 spiro atoms. The van der Waals surface area contributed by atoms with Gasteiger partial charge in [0.1, 0.15) is 10.7 Å². The van der Waals surface area contributed by atoms with E-state index in [1.165, 1.54) is 31.1 Å². The van der Waals surface area contributed by atoms with Crippen molar-refractivity contribution in [1.29, 1.82) is 0 Å². The van der Waals surface area contributed by atoms with Crippen molar-refractivity contribution in [1.82, 2.24) is 24.9 Å². The molecule has 2 bridgehead atoms. The van der Waals surface area contributed by atoms with Gasteiger partial charge in [0.05, 0.1) is 23.0 Å². The van der Waals surface area contributed by atoms with Gasteiger partial charge in [-0.2, -0.15) is 0 Å². The lowest BCUT2D eigenvalue weighted by molar-refractivity contribution is 0.0341. The first-order valence-electron chi connectivity index (χ1n) is 10.9. The van der Waals surface area contributed by atoms with Gasteiger partial charge in [0.15, 0.2) is 11.5 Å². The number of aromatic amines is 1. The lowest BCUT2D eigenvalue weighted by Crippen LogP contribution is -2.39. The highest BCUT2D eigenvalue weighted by Crippen LogP contribution is 2.50. The maximum Gasteiger partial charge on any atom is 0.163 e. The highest BCUT2D eigenvalue weighted by molar-refractivity contribution is 6.29. The fourth-order valence-electron chi connectivity index (χ4n) is 5.91. The van der Waals surface area contributed by atoms with Crippen molar-refractivity contribution in [2.75, 3.05) is 0 Å². The minimum absolute atomic E-state index is 0.372. The Balaban J connectivity index is 1.48. The van der Waals surface area contributed by atoms with E-state index in [4.69, 9.17) is 21.6 Å². The van der Waals surface area contributed by atoms with Crippen LogP contribution in [0.5, 0.6) is 0 Å². The quantitative estimate of drug-likeness (QED) is 0.455. The molecule has 6 heteroatoms. The number of rotatable bonds is 3. The van der Waals surface area contributed by atoms with Crippen molar-refractivity contribution in [3.63, 3.8) is 0 Å². The van der Waals surface area contributed by atoms with Crippen LogP contribution in [0.15, 0.2) is 36.7 Å². The van der Waals surface area contributed by atoms with Crippen LogP contribution in [0.3, 0.4) is 0 Å². The second-order valence-corrected chi connectivity index (χ2v) is 9.39. The van der Waals surface area contributed by atoms with Gasteiger partial charge < -0.3 is 4.98 Å². The second kappa shape index (κ2) is 7.02. The summed E-state index contributed by atoms with van der Waals surface area (Å²) in [4.78, 5) is 22.0. The zero-order chi connectivity index (χ0) is 20.2. The Morgan fingerprint density at radius 2 is 1.83 bits per heavy atom. The van der Waals surface area contributed by atoms with Gasteiger partial charge in [-0.1, -0.05) is 36.7 Å². The van der Waals surface area contributed by atoms with Gasteiger partial charge in [0, 0.05) is 11.6 Å². The number of fused-ring (bicyclic) bond motifs is 5. The summed E-state index contributed by atoms with van der Waals surface area (Å²) in [6.45, 7) is 2.46. The molecule has 3 heterocycles. The highest BCUT2D eigenvalue weighted by Gasteiger charge is 2.41. The largest absolute Gasteiger partial charge is 0.344 e. The van der Waals surface area contributed by atoms with E-state index in [1.807, 2.05) is 12.3 Å². The monoisotopic (exact) mass is 417 g/mol. The smallest absolute Gasteiger partial charge is 0.163 e. The number of hydrogen-bond acceptors (Lipinski definition) is 4. The minimum atomic E-state index is 0.372. The van der Waals surface area contributed by atoms with E-state index < -0.39 is 0 Å². The molecule has 30 heavy (non-hydrogen) atoms. The van der Waals surface area contributed by atoms with Crippen molar-refractivity contribution in [2.45, 2.75) is 39.0 Å². The molecule has 3 aromatic heterocycles. The molecule has 0 saturated heterocycles. The first-order chi connectivity index (χ1) is 14.7. The zero-order valence-electron chi connectivity index (χ0n) is 17.0. The van der Waals surface area contributed by atoms with Gasteiger partial charge in [-0.05, 0) is 61.8 Å². The average Bonchev–Trinajstić information content (AvgIpc) is 3.19. The number of para-hydroxylation sites is 1. The summed E-state index contributed by atoms with van der Waals surface area (Å²) in [5.41, 5.74) is 4.41. The highest BCUT2D eigenvalue weighted by atomic mass is 35.5. The number of halogens is 1. The number of nitrogens with one attached hydrogen (secondary N) is 1. The summed E-state index contributed by atoms with van der Waals surface area (Å²) in [6.07, 6.45) is 10.0. The lowest BCUT2D eigenvalue weighted by Gasteiger charge is -2.47. The van der Waals surface area contributed by atoms with Gasteiger partial charge in [-0.15, -0.1) is 0 Å². The standard InChI is InChI=1S/C24H24ClN5/c1-13-14-6-8-15(9-7-14)17(13)10-20-16-4-2-3-5-19(16)28-23(29-20)18-11-26-24-22(18)30-21(25)12-27-24/h2-5,11-15,17H,6-10H2,1H3,(H,26,27). The molecule has 5 nitrogen and oxygen atoms in total. The molecule has 2 atom stereocenters. The number of nitrogens with zero attached hydrogens (tertiary/aromatic N) is 4. The maximum absolute atomic E-state index is 6.11. The van der Waals surface area contributed by atoms with E-state index in [0.29, 0.717) is 28.1 Å². The van der Waals surface area contributed by atoms with E-state index in [1.54, 1.807) is 6.20 Å². The zero-order valence-corrected chi connectivity index (χ0v) is 17.7. The number of benzene rings is 1. The van der Waals surface area contributed by atoms with Crippen molar-refractivity contribution < 1.29 is 0 Å². The van der Waals surface area contributed by atoms with Crippen molar-refractivity contribution >= 4 is 33.7 Å². The van der Waals surface area contributed by atoms with E-state index >= 15 is 0 Å². The summed E-state index contributed by atoms with van der Waals surface area (Å²) in [5.74, 6) is 3.90. The van der Waals surface area contributed by atoms with Gasteiger partial charge >= 0.3 is 0 Å². The fraction of sp³-hybridized carbons (Fsp3) is 0.417. The Labute approximate surface area is 180 Å². The Bertz CT molecular complexity index is 1240. The Morgan fingerprint density at radius 3 is 2.67 bits per heavy atom. The number of H-pyrrole nitrogens is 1. The molecule has 152 valence electrons. The van der Waals surface area contributed by atoms with Crippen LogP contribution in [-0.4, -0.2) is 24.9 Å². The first kappa shape index (κ1) is 18.3. The summed E-state index contributed by atoms with van der Waals surface area (Å²) in [6, 6.07) is 8.36. The van der Waals surface area contributed by atoms with Crippen LogP contribution < -0.4 is 0 Å². The van der Waals surface area contributed by atoms with Crippen LogP contribution in [-0.2, 0) is 6.42 Å². The van der Waals surface area contributed by atoms with Gasteiger partial charge in [0.2, 0.25) is 0 Å². The predicted octanol–water partition coefficient (Wildman–Crippen LogP) is 5.84. The third kappa shape index (κ3) is 2.90. The van der Waals surface area contributed by atoms with Crippen LogP contribution in [0.4, 0.5) is 0 Å². The van der Waals surface area contributed by atoms with Crippen LogP contribution in [0, 0.1) is 23.7 Å². The van der Waals surface area contributed by atoms with Gasteiger partial charge in [-0.25, -0.2) is 19.9 Å². The molecule has 3 fully saturated rings. The Hall–Kier alpha value is -2.53. The summed E-state index contributed by atoms with van der Waals surface area (Å²) >= 11 is 6.11. The van der Waals surface area contributed by atoms with Crippen LogP contribution >= 0.6 is 11.6 Å². The third-order valence-electron chi connectivity index (χ3n) is 7.54. The summed E-state index contributed by atoms with van der Waals surface area (Å²) in [7, 11) is 0. The Morgan fingerprint density at radius 1 is 1.03 bits per heavy atom. The molecule has 3 saturated carbocycles. The van der Waals surface area contributed by atoms with Gasteiger partial charge in [0.25, 0.3) is 0 Å². The van der Waals surface area contributed by atoms with E-state index in [2.05, 4.69) is 40.1 Å². The topological polar surface area (TPSA) is 67.3 Å². The molecular formula is C24H24ClN5. The van der Waals surface area contributed by atoms with Crippen molar-refractivity contribution in [3.05, 3.63) is 47.5 Å². The molecule has 0 aliphatic heterocycles. The predicted molar refractivity (Wildman–Crippen MR) is 119 cm³/mol. The molecule has 1 aromatic carbocycles. The maximum atomic E-state index is 6.11. The Kier molecular flexibility index (Phi) is 4.27. The number of hydrogen-bond donors (Lipinski definition) is 1. The molecule has 1 N–H and O–H groups in total. The molecular weight excluding hydrogens is 394 g/mol. The number of aromatic nitrogens is 5. The van der Waals surface area contributed by atoms with Crippen molar-refractivity contribution in [2.24, 2.45) is 23.7 Å². The van der Waals surface area contributed by atoms with Gasteiger partial charge in [-0.3, -0.25) is 0 Å². The molecule has 3 aliphatic carbocycles. The molecule has 7 rings (SSSR count). The molecule has 3 aliphatic rings. The van der Waals surface area contributed by atoms with E-state index in [9.17, 15) is 0 Å². The normalized spacial score (nSPS) is 25.9. The molecule has 0 amide bonds. The van der Waals surface area contributed by atoms with Crippen molar-refractivity contribution in [3.8, 4) is 11.4 Å². The first-order valence-corrected chi connectivity index (χ1v) is 11.3. The van der Waals surface area contributed by atoms with Crippen LogP contribution in [0.25, 0.3) is 33.5 Å².